The summed E-state index contributed by atoms with van der Waals surface area (Å²) in [5, 5.41) is 0. The predicted molar refractivity (Wildman–Crippen MR) is 77.6 cm³/mol. The van der Waals surface area contributed by atoms with E-state index >= 15 is 0 Å². The summed E-state index contributed by atoms with van der Waals surface area (Å²) in [5.74, 6) is -0.303. The Hall–Kier alpha value is -2.09. The molecule has 0 heterocycles. The quantitative estimate of drug-likeness (QED) is 0.845. The zero-order chi connectivity index (χ0) is 13.5. The molecular formula is C17H19NO. The van der Waals surface area contributed by atoms with Gasteiger partial charge in [-0.1, -0.05) is 60.7 Å². The Morgan fingerprint density at radius 1 is 0.895 bits per heavy atom. The van der Waals surface area contributed by atoms with Gasteiger partial charge in [0.25, 0.3) is 0 Å². The lowest BCUT2D eigenvalue weighted by Gasteiger charge is -2.13. The lowest BCUT2D eigenvalue weighted by molar-refractivity contribution is -0.121. The average Bonchev–Trinajstić information content (AvgIpc) is 2.45. The van der Waals surface area contributed by atoms with Gasteiger partial charge in [0.1, 0.15) is 0 Å². The van der Waals surface area contributed by atoms with Gasteiger partial charge < -0.3 is 5.73 Å². The van der Waals surface area contributed by atoms with E-state index in [0.29, 0.717) is 0 Å². The summed E-state index contributed by atoms with van der Waals surface area (Å²) in [4.78, 5) is 11.5. The molecule has 1 unspecified atom stereocenters. The van der Waals surface area contributed by atoms with Crippen LogP contribution in [0.25, 0.3) is 0 Å². The number of hydrogen-bond acceptors (Lipinski definition) is 1. The normalized spacial score (nSPS) is 12.0. The van der Waals surface area contributed by atoms with E-state index in [1.807, 2.05) is 48.5 Å². The zero-order valence-electron chi connectivity index (χ0n) is 11.0. The third-order valence-electron chi connectivity index (χ3n) is 3.35. The minimum absolute atomic E-state index is 0.0948. The monoisotopic (exact) mass is 253 g/mol. The molecule has 0 aliphatic rings. The van der Waals surface area contributed by atoms with Crippen molar-refractivity contribution in [1.29, 1.82) is 0 Å². The first-order chi connectivity index (χ1) is 9.25. The molecule has 2 rings (SSSR count). The van der Waals surface area contributed by atoms with E-state index in [4.69, 9.17) is 5.73 Å². The fraction of sp³-hybridized carbons (Fsp3) is 0.235. The van der Waals surface area contributed by atoms with E-state index in [2.05, 4.69) is 12.1 Å². The first-order valence-corrected chi connectivity index (χ1v) is 6.63. The second-order valence-corrected chi connectivity index (χ2v) is 4.81. The highest BCUT2D eigenvalue weighted by molar-refractivity contribution is 5.77. The van der Waals surface area contributed by atoms with Crippen molar-refractivity contribution in [1.82, 2.24) is 0 Å². The summed E-state index contributed by atoms with van der Waals surface area (Å²) in [7, 11) is 0. The molecule has 2 N–H and O–H groups in total. The van der Waals surface area contributed by atoms with Crippen LogP contribution in [0, 0.1) is 5.92 Å². The van der Waals surface area contributed by atoms with Gasteiger partial charge in [-0.3, -0.25) is 4.79 Å². The molecule has 0 saturated carbocycles. The third-order valence-corrected chi connectivity index (χ3v) is 3.35. The first-order valence-electron chi connectivity index (χ1n) is 6.63. The lowest BCUT2D eigenvalue weighted by atomic mass is 9.92. The number of aryl methyl sites for hydroxylation is 1. The number of carbonyl (C=O) groups is 1. The molecule has 2 nitrogen and oxygen atoms in total. The number of hydrogen-bond donors (Lipinski definition) is 1. The van der Waals surface area contributed by atoms with Gasteiger partial charge in [0, 0.05) is 5.92 Å². The maximum absolute atomic E-state index is 11.5. The SMILES string of the molecule is NC(=O)C(CCc1ccccc1)Cc1ccccc1. The highest BCUT2D eigenvalue weighted by atomic mass is 16.1. The van der Waals surface area contributed by atoms with Crippen LogP contribution in [0.1, 0.15) is 17.5 Å². The molecule has 0 fully saturated rings. The van der Waals surface area contributed by atoms with E-state index in [1.54, 1.807) is 0 Å². The smallest absolute Gasteiger partial charge is 0.220 e. The Kier molecular flexibility index (Phi) is 4.73. The largest absolute Gasteiger partial charge is 0.369 e. The van der Waals surface area contributed by atoms with Crippen molar-refractivity contribution in [2.45, 2.75) is 19.3 Å². The van der Waals surface area contributed by atoms with Crippen LogP contribution in [0.5, 0.6) is 0 Å². The second-order valence-electron chi connectivity index (χ2n) is 4.81. The number of primary amides is 1. The Morgan fingerprint density at radius 3 is 1.95 bits per heavy atom. The fourth-order valence-corrected chi connectivity index (χ4v) is 2.23. The van der Waals surface area contributed by atoms with Gasteiger partial charge in [-0.05, 0) is 30.4 Å². The van der Waals surface area contributed by atoms with Crippen LogP contribution in [0.15, 0.2) is 60.7 Å². The lowest BCUT2D eigenvalue weighted by Crippen LogP contribution is -2.25. The van der Waals surface area contributed by atoms with Crippen LogP contribution >= 0.6 is 0 Å². The molecule has 0 saturated heterocycles. The van der Waals surface area contributed by atoms with Crippen LogP contribution in [0.3, 0.4) is 0 Å². The fourth-order valence-electron chi connectivity index (χ4n) is 2.23. The van der Waals surface area contributed by atoms with Crippen LogP contribution in [0.2, 0.25) is 0 Å². The summed E-state index contributed by atoms with van der Waals surface area (Å²) >= 11 is 0. The first kappa shape index (κ1) is 13.3. The molecule has 2 heteroatoms. The van der Waals surface area contributed by atoms with Crippen molar-refractivity contribution >= 4 is 5.91 Å². The highest BCUT2D eigenvalue weighted by Gasteiger charge is 2.15. The van der Waals surface area contributed by atoms with Crippen LogP contribution in [-0.2, 0) is 17.6 Å². The summed E-state index contributed by atoms with van der Waals surface area (Å²) in [6.45, 7) is 0. The molecule has 2 aromatic rings. The minimum Gasteiger partial charge on any atom is -0.369 e. The summed E-state index contributed by atoms with van der Waals surface area (Å²) < 4.78 is 0. The van der Waals surface area contributed by atoms with Crippen molar-refractivity contribution in [2.24, 2.45) is 11.7 Å². The van der Waals surface area contributed by atoms with Crippen molar-refractivity contribution in [3.05, 3.63) is 71.8 Å². The maximum Gasteiger partial charge on any atom is 0.220 e. The van der Waals surface area contributed by atoms with Crippen molar-refractivity contribution < 1.29 is 4.79 Å². The van der Waals surface area contributed by atoms with Gasteiger partial charge in [0.15, 0.2) is 0 Å². The number of nitrogens with two attached hydrogens (primary N) is 1. The Morgan fingerprint density at radius 2 is 1.42 bits per heavy atom. The molecule has 0 spiro atoms. The predicted octanol–water partition coefficient (Wildman–Crippen LogP) is 2.96. The second kappa shape index (κ2) is 6.74. The van der Waals surface area contributed by atoms with E-state index < -0.39 is 0 Å². The zero-order valence-corrected chi connectivity index (χ0v) is 11.0. The Balaban J connectivity index is 1.95. The number of rotatable bonds is 6. The van der Waals surface area contributed by atoms with Gasteiger partial charge in [-0.15, -0.1) is 0 Å². The standard InChI is InChI=1S/C17H19NO/c18-17(19)16(13-15-9-5-2-6-10-15)12-11-14-7-3-1-4-8-14/h1-10,16H,11-13H2,(H2,18,19). The molecule has 1 atom stereocenters. The molecule has 19 heavy (non-hydrogen) atoms. The minimum atomic E-state index is -0.209. The molecule has 98 valence electrons. The van der Waals surface area contributed by atoms with Gasteiger partial charge in [-0.2, -0.15) is 0 Å². The topological polar surface area (TPSA) is 43.1 Å². The van der Waals surface area contributed by atoms with Crippen LogP contribution < -0.4 is 5.73 Å². The molecule has 2 aromatic carbocycles. The molecule has 0 radical (unpaired) electrons. The molecule has 0 aliphatic carbocycles. The molecule has 1 amide bonds. The van der Waals surface area contributed by atoms with Gasteiger partial charge >= 0.3 is 0 Å². The molecule has 0 aromatic heterocycles. The van der Waals surface area contributed by atoms with E-state index in [0.717, 1.165) is 19.3 Å². The molecule has 0 bridgehead atoms. The summed E-state index contributed by atoms with van der Waals surface area (Å²) in [6.07, 6.45) is 2.42. The Labute approximate surface area is 114 Å². The summed E-state index contributed by atoms with van der Waals surface area (Å²) in [6, 6.07) is 20.2. The number of benzene rings is 2. The van der Waals surface area contributed by atoms with Crippen LogP contribution in [-0.4, -0.2) is 5.91 Å². The van der Waals surface area contributed by atoms with Crippen molar-refractivity contribution in [3.8, 4) is 0 Å². The number of amides is 1. The maximum atomic E-state index is 11.5. The number of carbonyl (C=O) groups excluding carboxylic acids is 1. The average molecular weight is 253 g/mol. The van der Waals surface area contributed by atoms with E-state index in [-0.39, 0.29) is 11.8 Å². The van der Waals surface area contributed by atoms with Crippen molar-refractivity contribution in [3.63, 3.8) is 0 Å². The van der Waals surface area contributed by atoms with Gasteiger partial charge in [0.2, 0.25) is 5.91 Å². The molecular weight excluding hydrogens is 234 g/mol. The van der Waals surface area contributed by atoms with Gasteiger partial charge in [0.05, 0.1) is 0 Å². The molecule has 0 aliphatic heterocycles. The van der Waals surface area contributed by atoms with E-state index in [9.17, 15) is 4.79 Å². The van der Waals surface area contributed by atoms with Gasteiger partial charge in [-0.25, -0.2) is 0 Å². The van der Waals surface area contributed by atoms with E-state index in [1.165, 1.54) is 11.1 Å². The van der Waals surface area contributed by atoms with Crippen molar-refractivity contribution in [2.75, 3.05) is 0 Å². The Bertz CT molecular complexity index is 507. The summed E-state index contributed by atoms with van der Waals surface area (Å²) in [5.41, 5.74) is 7.93. The van der Waals surface area contributed by atoms with Crippen LogP contribution in [0.4, 0.5) is 0 Å². The highest BCUT2D eigenvalue weighted by Crippen LogP contribution is 2.15. The third kappa shape index (κ3) is 4.25.